The van der Waals surface area contributed by atoms with Gasteiger partial charge in [-0.05, 0) is 44.2 Å². The number of amides is 1. The molecule has 1 saturated carbocycles. The Morgan fingerprint density at radius 3 is 2.84 bits per heavy atom. The van der Waals surface area contributed by atoms with Crippen LogP contribution in [0.4, 0.5) is 0 Å². The molecule has 0 spiro atoms. The summed E-state index contributed by atoms with van der Waals surface area (Å²) in [6.07, 6.45) is 8.22. The van der Waals surface area contributed by atoms with E-state index in [1.807, 2.05) is 35.1 Å². The van der Waals surface area contributed by atoms with Crippen molar-refractivity contribution in [3.63, 3.8) is 0 Å². The summed E-state index contributed by atoms with van der Waals surface area (Å²) in [4.78, 5) is 12.5. The van der Waals surface area contributed by atoms with Gasteiger partial charge in [0.15, 0.2) is 0 Å². The molecular formula is C23H32N4O4. The number of rotatable bonds is 8. The molecule has 1 aliphatic heterocycles. The Morgan fingerprint density at radius 2 is 2.06 bits per heavy atom. The summed E-state index contributed by atoms with van der Waals surface area (Å²) in [7, 11) is 1.64. The molecule has 1 aliphatic carbocycles. The van der Waals surface area contributed by atoms with E-state index in [1.54, 1.807) is 7.11 Å². The second kappa shape index (κ2) is 10.2. The second-order valence-corrected chi connectivity index (χ2v) is 8.51. The average molecular weight is 429 g/mol. The van der Waals surface area contributed by atoms with Crippen molar-refractivity contribution < 1.29 is 19.4 Å². The van der Waals surface area contributed by atoms with Gasteiger partial charge < -0.3 is 19.9 Å². The zero-order valence-electron chi connectivity index (χ0n) is 18.1. The van der Waals surface area contributed by atoms with Crippen molar-refractivity contribution >= 4 is 5.91 Å². The second-order valence-electron chi connectivity index (χ2n) is 8.51. The highest BCUT2D eigenvalue weighted by Crippen LogP contribution is 2.29. The minimum atomic E-state index is -0.357. The van der Waals surface area contributed by atoms with Gasteiger partial charge in [0.25, 0.3) is 0 Å². The van der Waals surface area contributed by atoms with Gasteiger partial charge in [-0.2, -0.15) is 0 Å². The Kier molecular flexibility index (Phi) is 7.19. The van der Waals surface area contributed by atoms with E-state index in [9.17, 15) is 9.90 Å². The fraction of sp³-hybridized carbons (Fsp3) is 0.609. The number of aryl methyl sites for hydroxylation is 1. The number of hydrogen-bond donors (Lipinski definition) is 2. The molecule has 1 amide bonds. The fourth-order valence-corrected chi connectivity index (χ4v) is 4.66. The van der Waals surface area contributed by atoms with Crippen LogP contribution in [-0.4, -0.2) is 58.0 Å². The lowest BCUT2D eigenvalue weighted by Crippen LogP contribution is -2.52. The Morgan fingerprint density at radius 1 is 1.26 bits per heavy atom. The zero-order chi connectivity index (χ0) is 21.6. The van der Waals surface area contributed by atoms with Crippen molar-refractivity contribution in [2.45, 2.75) is 69.7 Å². The van der Waals surface area contributed by atoms with Crippen molar-refractivity contribution in [1.29, 1.82) is 0 Å². The summed E-state index contributed by atoms with van der Waals surface area (Å²) < 4.78 is 13.3. The maximum Gasteiger partial charge on any atom is 0.223 e. The first-order valence-electron chi connectivity index (χ1n) is 11.3. The smallest absolute Gasteiger partial charge is 0.223 e. The SMILES string of the molecule is COc1ccccc1-c1cn(CC[C@H]2CC[C@@H](NC(=O)C3CCCC3)[C@H](CO)O2)nn1. The van der Waals surface area contributed by atoms with E-state index in [2.05, 4.69) is 15.6 Å². The molecule has 1 aromatic carbocycles. The molecule has 2 heterocycles. The molecule has 0 unspecified atom stereocenters. The van der Waals surface area contributed by atoms with Gasteiger partial charge in [0.05, 0.1) is 32.1 Å². The number of nitrogens with one attached hydrogen (secondary N) is 1. The van der Waals surface area contributed by atoms with Crippen LogP contribution in [0.1, 0.15) is 44.9 Å². The molecule has 2 fully saturated rings. The number of methoxy groups -OCH3 is 1. The van der Waals surface area contributed by atoms with Crippen LogP contribution in [0.15, 0.2) is 30.5 Å². The summed E-state index contributed by atoms with van der Waals surface area (Å²) >= 11 is 0. The Balaban J connectivity index is 1.29. The molecule has 2 aromatic rings. The molecule has 8 heteroatoms. The first kappa shape index (κ1) is 21.8. The number of ether oxygens (including phenoxy) is 2. The molecule has 8 nitrogen and oxygen atoms in total. The topological polar surface area (TPSA) is 98.5 Å². The standard InChI is InChI=1S/C23H32N4O4/c1-30-21-9-5-4-8-18(21)20-14-27(26-25-20)13-12-17-10-11-19(22(15-28)31-17)24-23(29)16-6-2-3-7-16/h4-5,8-9,14,16-17,19,22,28H,2-3,6-7,10-13,15H2,1H3,(H,24,29)/t17-,19-,22+/m1/s1. The summed E-state index contributed by atoms with van der Waals surface area (Å²) in [6.45, 7) is 0.581. The van der Waals surface area contributed by atoms with Crippen LogP contribution < -0.4 is 10.1 Å². The molecule has 2 aliphatic rings. The number of aliphatic hydroxyl groups excluding tert-OH is 1. The van der Waals surface area contributed by atoms with Crippen LogP contribution in [0.3, 0.4) is 0 Å². The minimum Gasteiger partial charge on any atom is -0.496 e. The monoisotopic (exact) mass is 428 g/mol. The maximum absolute atomic E-state index is 12.5. The minimum absolute atomic E-state index is 0.0238. The maximum atomic E-state index is 12.5. The lowest BCUT2D eigenvalue weighted by molar-refractivity contribution is -0.132. The third-order valence-electron chi connectivity index (χ3n) is 6.45. The third kappa shape index (κ3) is 5.25. The number of aliphatic hydroxyl groups is 1. The van der Waals surface area contributed by atoms with E-state index in [4.69, 9.17) is 9.47 Å². The summed E-state index contributed by atoms with van der Waals surface area (Å²) in [6, 6.07) is 7.63. The van der Waals surface area contributed by atoms with Gasteiger partial charge >= 0.3 is 0 Å². The van der Waals surface area contributed by atoms with Crippen LogP contribution in [0.2, 0.25) is 0 Å². The number of aromatic nitrogens is 3. The van der Waals surface area contributed by atoms with Gasteiger partial charge in [-0.1, -0.05) is 30.2 Å². The van der Waals surface area contributed by atoms with E-state index in [0.29, 0.717) is 6.54 Å². The highest BCUT2D eigenvalue weighted by atomic mass is 16.5. The highest BCUT2D eigenvalue weighted by molar-refractivity contribution is 5.79. The van der Waals surface area contributed by atoms with Crippen LogP contribution >= 0.6 is 0 Å². The first-order chi connectivity index (χ1) is 15.2. The number of carbonyl (C=O) groups excluding carboxylic acids is 1. The first-order valence-corrected chi connectivity index (χ1v) is 11.3. The van der Waals surface area contributed by atoms with Gasteiger partial charge in [-0.15, -0.1) is 5.10 Å². The summed E-state index contributed by atoms with van der Waals surface area (Å²) in [5, 5.41) is 21.4. The lowest BCUT2D eigenvalue weighted by Gasteiger charge is -2.36. The number of carbonyl (C=O) groups is 1. The van der Waals surface area contributed by atoms with Gasteiger partial charge in [-0.25, -0.2) is 0 Å². The molecule has 1 aromatic heterocycles. The number of benzene rings is 1. The fourth-order valence-electron chi connectivity index (χ4n) is 4.66. The Bertz CT molecular complexity index is 865. The molecule has 3 atom stereocenters. The van der Waals surface area contributed by atoms with E-state index < -0.39 is 0 Å². The number of nitrogens with zero attached hydrogens (tertiary/aromatic N) is 3. The van der Waals surface area contributed by atoms with Crippen molar-refractivity contribution in [3.8, 4) is 17.0 Å². The highest BCUT2D eigenvalue weighted by Gasteiger charge is 2.33. The van der Waals surface area contributed by atoms with Gasteiger partial charge in [-0.3, -0.25) is 9.48 Å². The number of para-hydroxylation sites is 1. The van der Waals surface area contributed by atoms with Gasteiger partial charge in [0, 0.05) is 18.0 Å². The van der Waals surface area contributed by atoms with Gasteiger partial charge in [0.2, 0.25) is 5.91 Å². The van der Waals surface area contributed by atoms with Crippen LogP contribution in [0, 0.1) is 5.92 Å². The third-order valence-corrected chi connectivity index (χ3v) is 6.45. The van der Waals surface area contributed by atoms with E-state index in [1.165, 1.54) is 0 Å². The molecule has 31 heavy (non-hydrogen) atoms. The van der Waals surface area contributed by atoms with E-state index >= 15 is 0 Å². The molecule has 2 N–H and O–H groups in total. The van der Waals surface area contributed by atoms with Crippen LogP contribution in [0.5, 0.6) is 5.75 Å². The number of hydrogen-bond acceptors (Lipinski definition) is 6. The normalized spacial score (nSPS) is 24.3. The largest absolute Gasteiger partial charge is 0.496 e. The predicted molar refractivity (Wildman–Crippen MR) is 115 cm³/mol. The van der Waals surface area contributed by atoms with Crippen molar-refractivity contribution in [2.75, 3.05) is 13.7 Å². The van der Waals surface area contributed by atoms with Crippen molar-refractivity contribution in [2.24, 2.45) is 5.92 Å². The Labute approximate surface area is 182 Å². The Hall–Kier alpha value is -2.45. The molecule has 4 rings (SSSR count). The molecular weight excluding hydrogens is 396 g/mol. The van der Waals surface area contributed by atoms with E-state index in [0.717, 1.165) is 62.0 Å². The predicted octanol–water partition coefficient (Wildman–Crippen LogP) is 2.56. The lowest BCUT2D eigenvalue weighted by atomic mass is 9.96. The van der Waals surface area contributed by atoms with Crippen LogP contribution in [-0.2, 0) is 16.1 Å². The summed E-state index contributed by atoms with van der Waals surface area (Å²) in [5.41, 5.74) is 1.68. The molecule has 168 valence electrons. The quantitative estimate of drug-likeness (QED) is 0.671. The van der Waals surface area contributed by atoms with Crippen molar-refractivity contribution in [3.05, 3.63) is 30.5 Å². The zero-order valence-corrected chi connectivity index (χ0v) is 18.1. The molecule has 0 radical (unpaired) electrons. The molecule has 1 saturated heterocycles. The summed E-state index contributed by atoms with van der Waals surface area (Å²) in [5.74, 6) is 1.01. The van der Waals surface area contributed by atoms with E-state index in [-0.39, 0.29) is 36.7 Å². The van der Waals surface area contributed by atoms with Crippen LogP contribution in [0.25, 0.3) is 11.3 Å². The van der Waals surface area contributed by atoms with Gasteiger partial charge in [0.1, 0.15) is 17.5 Å². The molecule has 0 bridgehead atoms. The average Bonchev–Trinajstić information content (AvgIpc) is 3.51. The van der Waals surface area contributed by atoms with Crippen molar-refractivity contribution in [1.82, 2.24) is 20.3 Å².